The van der Waals surface area contributed by atoms with Crippen LogP contribution in [-0.2, 0) is 58.0 Å². The summed E-state index contributed by atoms with van der Waals surface area (Å²) in [5.41, 5.74) is 13.6. The first-order chi connectivity index (χ1) is 45.4. The second-order valence-corrected chi connectivity index (χ2v) is 22.4. The van der Waals surface area contributed by atoms with Gasteiger partial charge in [-0.05, 0) is 89.9 Å². The number of anilines is 3. The summed E-state index contributed by atoms with van der Waals surface area (Å²) in [6.07, 6.45) is 22.3. The molecule has 0 saturated heterocycles. The highest BCUT2D eigenvalue weighted by Crippen LogP contribution is 2.33. The number of hydrogen-bond donors (Lipinski definition) is 4. The van der Waals surface area contributed by atoms with Gasteiger partial charge >= 0.3 is 5.69 Å². The van der Waals surface area contributed by atoms with Crippen molar-refractivity contribution in [3.63, 3.8) is 0 Å². The van der Waals surface area contributed by atoms with Gasteiger partial charge in [0.25, 0.3) is 17.6 Å². The smallest absolute Gasteiger partial charge is 0.310 e. The van der Waals surface area contributed by atoms with E-state index >= 15 is 0 Å². The van der Waals surface area contributed by atoms with Crippen molar-refractivity contribution in [2.75, 3.05) is 16.0 Å². The second-order valence-electron chi connectivity index (χ2n) is 19.3. The first kappa shape index (κ1) is 66.9. The van der Waals surface area contributed by atoms with Crippen LogP contribution in [0.4, 0.5) is 34.5 Å². The van der Waals surface area contributed by atoms with Crippen molar-refractivity contribution < 1.29 is 17.7 Å². The quantitative estimate of drug-likeness (QED) is 0.0447. The summed E-state index contributed by atoms with van der Waals surface area (Å²) in [4.78, 5) is 50.5. The predicted octanol–water partition coefficient (Wildman–Crippen LogP) is 16.1. The number of nitrogens with zero attached hydrogens (tertiary/aromatic N) is 14. The maximum absolute atomic E-state index is 6.26. The molecule has 0 spiro atoms. The van der Waals surface area contributed by atoms with E-state index in [2.05, 4.69) is 82.1 Å². The summed E-state index contributed by atoms with van der Waals surface area (Å²) in [5.74, 6) is 5.78. The van der Waals surface area contributed by atoms with E-state index in [9.17, 15) is 0 Å². The Balaban J connectivity index is 0.000000129. The molecular formula is C63H51Cl8N18O4+. The predicted molar refractivity (Wildman–Crippen MR) is 365 cm³/mol. The zero-order chi connectivity index (χ0) is 64.9. The molecule has 15 rings (SSSR count). The van der Waals surface area contributed by atoms with Gasteiger partial charge in [-0.1, -0.05) is 99.4 Å². The number of hydrogen-bond acceptors (Lipinski definition) is 20. The number of imidazole rings is 1. The summed E-state index contributed by atoms with van der Waals surface area (Å²) >= 11 is 47.8. The molecule has 0 unspecified atom stereocenters. The fraction of sp³-hybridized carbons (Fsp3) is 0.143. The highest BCUT2D eigenvalue weighted by atomic mass is 35.5. The number of fused-ring (bicyclic) bond motifs is 4. The molecule has 472 valence electrons. The fourth-order valence-electron chi connectivity index (χ4n) is 8.68. The Morgan fingerprint density at radius 2 is 1.01 bits per heavy atom. The van der Waals surface area contributed by atoms with Crippen LogP contribution in [0.25, 0.3) is 11.2 Å². The highest BCUT2D eigenvalue weighted by molar-refractivity contribution is 6.37. The van der Waals surface area contributed by atoms with Gasteiger partial charge in [0.1, 0.15) is 71.8 Å². The number of halogens is 8. The van der Waals surface area contributed by atoms with Crippen LogP contribution in [0.3, 0.4) is 0 Å². The van der Waals surface area contributed by atoms with Crippen LogP contribution in [-0.4, -0.2) is 67.8 Å². The van der Waals surface area contributed by atoms with Crippen LogP contribution in [0, 0.1) is 0 Å². The zero-order valence-corrected chi connectivity index (χ0v) is 54.6. The third-order valence-electron chi connectivity index (χ3n) is 13.3. The monoisotopic (exact) mass is 1400 g/mol. The normalized spacial score (nSPS) is 11.9. The van der Waals surface area contributed by atoms with Gasteiger partial charge in [-0.2, -0.15) is 5.32 Å². The molecule has 3 aromatic carbocycles. The van der Waals surface area contributed by atoms with Crippen molar-refractivity contribution in [2.45, 2.75) is 58.0 Å². The Labute approximate surface area is 571 Å². The number of nitrogens with one attached hydrogen (secondary N) is 3. The summed E-state index contributed by atoms with van der Waals surface area (Å²) in [6, 6.07) is 31.1. The maximum atomic E-state index is 6.26. The third-order valence-corrected chi connectivity index (χ3v) is 16.0. The first-order valence-electron chi connectivity index (χ1n) is 27.9. The molecule has 3 aliphatic rings. The van der Waals surface area contributed by atoms with Gasteiger partial charge in [-0.25, -0.2) is 49.4 Å². The molecule has 0 fully saturated rings. The lowest BCUT2D eigenvalue weighted by Crippen LogP contribution is -2.16. The Kier molecular flexibility index (Phi) is 24.1. The average Bonchev–Trinajstić information content (AvgIpc) is 2.03. The molecule has 12 aromatic rings. The summed E-state index contributed by atoms with van der Waals surface area (Å²) < 4.78 is 24.5. The number of alkyl halides is 1. The van der Waals surface area contributed by atoms with Crippen molar-refractivity contribution >= 4 is 157 Å². The Morgan fingerprint density at radius 3 is 1.55 bits per heavy atom. The molecule has 0 atom stereocenters. The Morgan fingerprint density at radius 1 is 0.516 bits per heavy atom. The number of aliphatic imine (C=N–C) groups is 3. The van der Waals surface area contributed by atoms with Crippen molar-refractivity contribution in [2.24, 2.45) is 25.7 Å². The lowest BCUT2D eigenvalue weighted by Gasteiger charge is -2.09. The zero-order valence-electron chi connectivity index (χ0n) is 48.5. The van der Waals surface area contributed by atoms with Gasteiger partial charge in [-0.3, -0.25) is 9.98 Å². The molecule has 22 nitrogen and oxygen atoms in total. The Hall–Kier alpha value is -9.03. The minimum Gasteiger partial charge on any atom is -0.468 e. The minimum atomic E-state index is 0.360. The number of rotatable bonds is 14. The molecular weight excluding hydrogens is 1360 g/mol. The number of benzene rings is 3. The van der Waals surface area contributed by atoms with Crippen LogP contribution in [0.15, 0.2) is 197 Å². The van der Waals surface area contributed by atoms with E-state index in [0.717, 1.165) is 87.0 Å². The van der Waals surface area contributed by atoms with E-state index in [1.165, 1.54) is 12.7 Å². The molecule has 0 bridgehead atoms. The standard InChI is InChI=1S/C17H13Cl2N5O.C17H12Cl2N5O.C11H10N4O.C7H5Cl3.C6H4ClN3.C5H7NO/c18-13-4-1-5-14(19)12(13)8-24-10-23-15-16(21-9-22-17(15)24)20-7-11-3-2-6-25-11;18-13-4-1-5-14(19)12(13)8-24-10-23-16(15-17(24)22-9-21-15)20-7-11-3-2-6-25-11;1-2-8(16-5-1)6-13-11-10-9(3-4-12-10)14-7-15-11;8-4-5-6(9)2-1-3-7(5)10;7-6-5-4(1-2-8-5)9-3-10-6;6-4-5-2-1-3-7-5/h1-6,9-10H,7-8H2,(H,20,21,22);1-6,10H,7-8H2,(H,21,22);1-2,4-5,7H,3,6H2,(H,13,14,15);1-3H,4H2;2-3H,1H2;1-3H,4,6H2/q;+1;;;;. The van der Waals surface area contributed by atoms with Crippen LogP contribution in [0.1, 0.15) is 51.1 Å². The fourth-order valence-corrected chi connectivity index (χ4v) is 10.9. The van der Waals surface area contributed by atoms with Crippen LogP contribution >= 0.6 is 92.8 Å². The van der Waals surface area contributed by atoms with E-state index in [1.54, 1.807) is 80.6 Å². The van der Waals surface area contributed by atoms with Gasteiger partial charge in [0.15, 0.2) is 22.4 Å². The molecule has 30 heteroatoms. The van der Waals surface area contributed by atoms with Crippen LogP contribution in [0.5, 0.6) is 0 Å². The van der Waals surface area contributed by atoms with Crippen LogP contribution < -0.4 is 27.2 Å². The molecule has 9 aromatic heterocycles. The second kappa shape index (κ2) is 33.5. The average molecular weight is 1410 g/mol. The number of nitrogens with two attached hydrogens (primary N) is 1. The van der Waals surface area contributed by atoms with E-state index in [0.29, 0.717) is 109 Å². The molecule has 12 heterocycles. The van der Waals surface area contributed by atoms with Crippen molar-refractivity contribution in [3.05, 3.63) is 252 Å². The van der Waals surface area contributed by atoms with Crippen LogP contribution in [0.2, 0.25) is 35.3 Å². The van der Waals surface area contributed by atoms with E-state index in [4.69, 9.17) is 116 Å². The van der Waals surface area contributed by atoms with Gasteiger partial charge in [-0.15, -0.1) is 11.6 Å². The largest absolute Gasteiger partial charge is 0.468 e. The maximum Gasteiger partial charge on any atom is 0.310 e. The summed E-state index contributed by atoms with van der Waals surface area (Å²) in [7, 11) is 0. The summed E-state index contributed by atoms with van der Waals surface area (Å²) in [5, 5.41) is 13.5. The topological polar surface area (TPSA) is 277 Å². The number of aromatic nitrogens is 10. The van der Waals surface area contributed by atoms with E-state index in [-0.39, 0.29) is 0 Å². The van der Waals surface area contributed by atoms with Crippen molar-refractivity contribution in [1.29, 1.82) is 0 Å². The van der Waals surface area contributed by atoms with E-state index < -0.39 is 0 Å². The first-order valence-corrected chi connectivity index (χ1v) is 31.1. The van der Waals surface area contributed by atoms with Gasteiger partial charge in [0.2, 0.25) is 0 Å². The lowest BCUT2D eigenvalue weighted by molar-refractivity contribution is 0.510. The van der Waals surface area contributed by atoms with Gasteiger partial charge in [0.05, 0.1) is 81.4 Å². The van der Waals surface area contributed by atoms with Gasteiger partial charge < -0.3 is 38.6 Å². The lowest BCUT2D eigenvalue weighted by atomic mass is 10.2. The molecule has 0 radical (unpaired) electrons. The Bertz CT molecular complexity index is 4500. The highest BCUT2D eigenvalue weighted by Gasteiger charge is 2.27. The summed E-state index contributed by atoms with van der Waals surface area (Å²) in [6.45, 7) is 2.93. The molecule has 0 aliphatic carbocycles. The number of furan rings is 4. The minimum absolute atomic E-state index is 0.360. The molecule has 0 amide bonds. The molecule has 5 N–H and O–H groups in total. The van der Waals surface area contributed by atoms with Gasteiger partial charge in [0, 0.05) is 72.1 Å². The third kappa shape index (κ3) is 18.0. The molecule has 93 heavy (non-hydrogen) atoms. The van der Waals surface area contributed by atoms with Crippen molar-refractivity contribution in [3.8, 4) is 0 Å². The SMILES string of the molecule is C1=Nc2c(ncnc2NCc2ccco2)C1.ClCc1c(Cl)cccc1Cl.Clc1cccc(Cl)c1Cn1cnc(=NCc2ccco2)c2c1N[C+]=N2.Clc1cccc(Cl)c1Cn1cnc2c(NCc3ccco3)ncnc21.Clc1ncnc2c1N=CC2.NCc1ccco1. The molecule has 3 aliphatic heterocycles. The molecule has 0 saturated carbocycles. The van der Waals surface area contributed by atoms with E-state index in [1.807, 2.05) is 88.1 Å². The van der Waals surface area contributed by atoms with Crippen molar-refractivity contribution in [1.82, 2.24) is 49.0 Å².